The van der Waals surface area contributed by atoms with Crippen molar-refractivity contribution in [2.75, 3.05) is 6.61 Å². The molecule has 0 amide bonds. The number of rotatable bonds is 4. The van der Waals surface area contributed by atoms with Gasteiger partial charge in [-0.15, -0.1) is 11.3 Å². The molecule has 0 bridgehead atoms. The second-order valence-corrected chi connectivity index (χ2v) is 5.43. The number of hydrogen-bond acceptors (Lipinski definition) is 4. The molecule has 0 radical (unpaired) electrons. The van der Waals surface area contributed by atoms with Crippen molar-refractivity contribution in [1.82, 2.24) is 10.3 Å². The van der Waals surface area contributed by atoms with E-state index in [1.165, 1.54) is 4.88 Å². The lowest BCUT2D eigenvalue weighted by molar-refractivity contribution is 0.187. The fraction of sp³-hybridized carbons (Fsp3) is 0.700. The Morgan fingerprint density at radius 1 is 1.43 bits per heavy atom. The Morgan fingerprint density at radius 3 is 2.50 bits per heavy atom. The smallest absolute Gasteiger partial charge is 0.107 e. The van der Waals surface area contributed by atoms with Gasteiger partial charge in [-0.3, -0.25) is 0 Å². The quantitative estimate of drug-likeness (QED) is 0.800. The van der Waals surface area contributed by atoms with Gasteiger partial charge >= 0.3 is 0 Å². The summed E-state index contributed by atoms with van der Waals surface area (Å²) >= 11 is 1.71. The predicted octanol–water partition coefficient (Wildman–Crippen LogP) is 1.62. The van der Waals surface area contributed by atoms with Crippen LogP contribution < -0.4 is 5.32 Å². The molecule has 0 fully saturated rings. The number of aliphatic hydroxyl groups excluding tert-OH is 1. The van der Waals surface area contributed by atoms with Gasteiger partial charge in [-0.25, -0.2) is 4.98 Å². The summed E-state index contributed by atoms with van der Waals surface area (Å²) in [6, 6.07) is 0. The van der Waals surface area contributed by atoms with E-state index >= 15 is 0 Å². The molecule has 0 unspecified atom stereocenters. The van der Waals surface area contributed by atoms with E-state index in [2.05, 4.69) is 17.2 Å². The van der Waals surface area contributed by atoms with E-state index in [4.69, 9.17) is 5.11 Å². The molecular formula is C10H18N2OS. The van der Waals surface area contributed by atoms with Crippen LogP contribution in [0.4, 0.5) is 0 Å². The molecule has 0 saturated heterocycles. The first-order chi connectivity index (χ1) is 6.44. The van der Waals surface area contributed by atoms with Gasteiger partial charge < -0.3 is 10.4 Å². The topological polar surface area (TPSA) is 45.2 Å². The van der Waals surface area contributed by atoms with Crippen LogP contribution in [0.2, 0.25) is 0 Å². The van der Waals surface area contributed by atoms with Crippen molar-refractivity contribution in [2.45, 2.75) is 39.8 Å². The first-order valence-corrected chi connectivity index (χ1v) is 5.55. The van der Waals surface area contributed by atoms with Crippen molar-refractivity contribution in [2.24, 2.45) is 0 Å². The number of aromatic nitrogens is 1. The summed E-state index contributed by atoms with van der Waals surface area (Å²) in [6.45, 7) is 8.91. The average Bonchev–Trinajstić information content (AvgIpc) is 2.44. The maximum absolute atomic E-state index is 9.05. The van der Waals surface area contributed by atoms with Gasteiger partial charge in [0.1, 0.15) is 5.01 Å². The molecule has 80 valence electrons. The maximum atomic E-state index is 9.05. The summed E-state index contributed by atoms with van der Waals surface area (Å²) in [4.78, 5) is 5.69. The number of aliphatic hydroxyl groups is 1. The Labute approximate surface area is 89.2 Å². The van der Waals surface area contributed by atoms with Gasteiger partial charge in [0.2, 0.25) is 0 Å². The molecule has 0 aliphatic carbocycles. The summed E-state index contributed by atoms with van der Waals surface area (Å²) in [6.07, 6.45) is 0. The van der Waals surface area contributed by atoms with Gasteiger partial charge in [0.25, 0.3) is 0 Å². The lowest BCUT2D eigenvalue weighted by atomic mass is 10.1. The Morgan fingerprint density at radius 2 is 2.07 bits per heavy atom. The third-order valence-electron chi connectivity index (χ3n) is 2.19. The van der Waals surface area contributed by atoms with Crippen LogP contribution in [-0.2, 0) is 6.54 Å². The average molecular weight is 214 g/mol. The normalized spacial score (nSPS) is 12.1. The van der Waals surface area contributed by atoms with E-state index in [-0.39, 0.29) is 12.1 Å². The van der Waals surface area contributed by atoms with Gasteiger partial charge in [0.15, 0.2) is 0 Å². The van der Waals surface area contributed by atoms with E-state index in [1.807, 2.05) is 20.8 Å². The van der Waals surface area contributed by atoms with Crippen molar-refractivity contribution in [3.05, 3.63) is 15.6 Å². The molecule has 4 heteroatoms. The van der Waals surface area contributed by atoms with Crippen molar-refractivity contribution in [3.8, 4) is 0 Å². The van der Waals surface area contributed by atoms with E-state index in [9.17, 15) is 0 Å². The highest BCUT2D eigenvalue weighted by Gasteiger charge is 2.15. The fourth-order valence-corrected chi connectivity index (χ4v) is 1.86. The largest absolute Gasteiger partial charge is 0.394 e. The van der Waals surface area contributed by atoms with Gasteiger partial charge in [-0.05, 0) is 27.7 Å². The number of nitrogens with one attached hydrogen (secondary N) is 1. The molecule has 1 rings (SSSR count). The van der Waals surface area contributed by atoms with E-state index in [0.29, 0.717) is 0 Å². The summed E-state index contributed by atoms with van der Waals surface area (Å²) in [5.74, 6) is 0. The zero-order chi connectivity index (χ0) is 10.8. The molecular weight excluding hydrogens is 196 g/mol. The molecule has 0 aliphatic heterocycles. The molecule has 0 aliphatic rings. The monoisotopic (exact) mass is 214 g/mol. The van der Waals surface area contributed by atoms with Crippen molar-refractivity contribution in [1.29, 1.82) is 0 Å². The highest BCUT2D eigenvalue weighted by Crippen LogP contribution is 2.16. The van der Waals surface area contributed by atoms with E-state index in [0.717, 1.165) is 17.2 Å². The fourth-order valence-electron chi connectivity index (χ4n) is 0.986. The van der Waals surface area contributed by atoms with Crippen LogP contribution in [0.25, 0.3) is 0 Å². The molecule has 0 atom stereocenters. The molecule has 0 spiro atoms. The van der Waals surface area contributed by atoms with Crippen molar-refractivity contribution >= 4 is 11.3 Å². The van der Waals surface area contributed by atoms with Gasteiger partial charge in [-0.1, -0.05) is 0 Å². The van der Waals surface area contributed by atoms with Crippen LogP contribution in [-0.4, -0.2) is 22.2 Å². The maximum Gasteiger partial charge on any atom is 0.107 e. The molecule has 14 heavy (non-hydrogen) atoms. The van der Waals surface area contributed by atoms with Gasteiger partial charge in [0, 0.05) is 17.0 Å². The lowest BCUT2D eigenvalue weighted by Crippen LogP contribution is -2.42. The second kappa shape index (κ2) is 4.38. The summed E-state index contributed by atoms with van der Waals surface area (Å²) in [5, 5.41) is 13.4. The minimum atomic E-state index is -0.229. The highest BCUT2D eigenvalue weighted by atomic mass is 32.1. The zero-order valence-corrected chi connectivity index (χ0v) is 10.0. The van der Waals surface area contributed by atoms with Crippen LogP contribution in [0.15, 0.2) is 0 Å². The highest BCUT2D eigenvalue weighted by molar-refractivity contribution is 7.11. The summed E-state index contributed by atoms with van der Waals surface area (Å²) < 4.78 is 0. The number of thiazole rings is 1. The molecule has 1 aromatic heterocycles. The summed E-state index contributed by atoms with van der Waals surface area (Å²) in [5.41, 5.74) is 0.876. The molecule has 2 N–H and O–H groups in total. The zero-order valence-electron chi connectivity index (χ0n) is 9.22. The Hall–Kier alpha value is -0.450. The SMILES string of the molecule is Cc1nc(CNC(C)(C)CO)sc1C. The number of aryl methyl sites for hydroxylation is 2. The minimum absolute atomic E-state index is 0.135. The molecule has 0 saturated carbocycles. The van der Waals surface area contributed by atoms with Crippen LogP contribution in [0, 0.1) is 13.8 Å². The first kappa shape index (κ1) is 11.6. The second-order valence-electron chi connectivity index (χ2n) is 4.14. The third kappa shape index (κ3) is 3.04. The Bertz CT molecular complexity index is 288. The van der Waals surface area contributed by atoms with Crippen LogP contribution in [0.5, 0.6) is 0 Å². The van der Waals surface area contributed by atoms with E-state index in [1.54, 1.807) is 11.3 Å². The van der Waals surface area contributed by atoms with Crippen LogP contribution >= 0.6 is 11.3 Å². The minimum Gasteiger partial charge on any atom is -0.394 e. The van der Waals surface area contributed by atoms with Crippen LogP contribution in [0.1, 0.15) is 29.4 Å². The summed E-state index contributed by atoms with van der Waals surface area (Å²) in [7, 11) is 0. The van der Waals surface area contributed by atoms with Crippen molar-refractivity contribution in [3.63, 3.8) is 0 Å². The van der Waals surface area contributed by atoms with Crippen LogP contribution in [0.3, 0.4) is 0 Å². The number of nitrogens with zero attached hydrogens (tertiary/aromatic N) is 1. The molecule has 0 aromatic carbocycles. The first-order valence-electron chi connectivity index (χ1n) is 4.73. The van der Waals surface area contributed by atoms with Gasteiger partial charge in [-0.2, -0.15) is 0 Å². The molecule has 3 nitrogen and oxygen atoms in total. The lowest BCUT2D eigenvalue weighted by Gasteiger charge is -2.22. The van der Waals surface area contributed by atoms with Gasteiger partial charge in [0.05, 0.1) is 12.3 Å². The third-order valence-corrected chi connectivity index (χ3v) is 3.26. The van der Waals surface area contributed by atoms with Crippen molar-refractivity contribution < 1.29 is 5.11 Å². The number of hydrogen-bond donors (Lipinski definition) is 2. The Balaban J connectivity index is 2.54. The van der Waals surface area contributed by atoms with E-state index < -0.39 is 0 Å². The standard InChI is InChI=1S/C10H18N2OS/c1-7-8(2)14-9(12-7)5-11-10(3,4)6-13/h11,13H,5-6H2,1-4H3. The predicted molar refractivity (Wildman–Crippen MR) is 59.6 cm³/mol. The Kier molecular flexibility index (Phi) is 3.64. The molecule has 1 heterocycles. The molecule has 1 aromatic rings.